The highest BCUT2D eigenvalue weighted by Crippen LogP contribution is 2.15. The van der Waals surface area contributed by atoms with E-state index in [-0.39, 0.29) is 0 Å². The van der Waals surface area contributed by atoms with Crippen LogP contribution in [0.15, 0.2) is 72.8 Å². The maximum absolute atomic E-state index is 12.4. The molecule has 0 spiro atoms. The summed E-state index contributed by atoms with van der Waals surface area (Å²) in [5.74, 6) is -2.67. The molecule has 8 nitrogen and oxygen atoms in total. The average molecular weight is 717 g/mol. The third-order valence-electron chi connectivity index (χ3n) is 8.91. The van der Waals surface area contributed by atoms with Gasteiger partial charge in [-0.05, 0) is 86.1 Å². The number of unbranched alkanes of at least 4 members (excludes halogenated alkanes) is 13. The Morgan fingerprint density at radius 1 is 0.442 bits per heavy atom. The maximum Gasteiger partial charge on any atom is 0.339 e. The van der Waals surface area contributed by atoms with Gasteiger partial charge < -0.3 is 19.7 Å². The number of ether oxygens (including phenoxy) is 2. The fourth-order valence-corrected chi connectivity index (χ4v) is 5.73. The number of carbonyl (C=O) groups is 4. The molecular formula is C44H60O8. The summed E-state index contributed by atoms with van der Waals surface area (Å²) in [5, 5.41) is 17.7. The summed E-state index contributed by atoms with van der Waals surface area (Å²) >= 11 is 0. The SMILES string of the molecule is CCCCCCCCOC(=O)c1ccccc1C(=O)OCCCCCCCC.O=C(O)c1ccc(CCCCCCc2ccc(C(=O)O)cc2)cc1. The smallest absolute Gasteiger partial charge is 0.339 e. The second-order valence-corrected chi connectivity index (χ2v) is 13.3. The van der Waals surface area contributed by atoms with Crippen LogP contribution in [-0.4, -0.2) is 47.3 Å². The first-order valence-corrected chi connectivity index (χ1v) is 19.3. The molecule has 3 aromatic rings. The van der Waals surface area contributed by atoms with Crippen LogP contribution in [0, 0.1) is 0 Å². The van der Waals surface area contributed by atoms with Crippen LogP contribution in [0.1, 0.15) is 169 Å². The Hall–Kier alpha value is -4.46. The number of carboxylic acid groups (broad SMARTS) is 2. The summed E-state index contributed by atoms with van der Waals surface area (Å²) in [6, 6.07) is 20.9. The van der Waals surface area contributed by atoms with E-state index >= 15 is 0 Å². The molecule has 0 fully saturated rings. The van der Waals surface area contributed by atoms with E-state index in [4.69, 9.17) is 19.7 Å². The van der Waals surface area contributed by atoms with Crippen LogP contribution in [0.3, 0.4) is 0 Å². The number of hydrogen-bond acceptors (Lipinski definition) is 6. The highest BCUT2D eigenvalue weighted by molar-refractivity contribution is 6.03. The Labute approximate surface area is 311 Å². The van der Waals surface area contributed by atoms with Gasteiger partial charge >= 0.3 is 23.9 Å². The van der Waals surface area contributed by atoms with Crippen molar-refractivity contribution in [2.45, 2.75) is 129 Å². The molecule has 0 aliphatic rings. The molecule has 0 bridgehead atoms. The molecule has 0 saturated carbocycles. The molecular weight excluding hydrogens is 656 g/mol. The third-order valence-corrected chi connectivity index (χ3v) is 8.91. The van der Waals surface area contributed by atoms with Crippen LogP contribution in [0.25, 0.3) is 0 Å². The van der Waals surface area contributed by atoms with E-state index in [1.165, 1.54) is 62.5 Å². The Kier molecular flexibility index (Phi) is 22.9. The lowest BCUT2D eigenvalue weighted by atomic mass is 10.0. The minimum absolute atomic E-state index is 0.293. The average Bonchev–Trinajstić information content (AvgIpc) is 3.16. The van der Waals surface area contributed by atoms with Crippen LogP contribution in [-0.2, 0) is 22.3 Å². The van der Waals surface area contributed by atoms with Gasteiger partial charge in [0.15, 0.2) is 0 Å². The Balaban J connectivity index is 0.000000364. The molecule has 0 atom stereocenters. The van der Waals surface area contributed by atoms with Gasteiger partial charge in [0.1, 0.15) is 0 Å². The molecule has 0 aliphatic carbocycles. The first kappa shape index (κ1) is 43.7. The molecule has 284 valence electrons. The third kappa shape index (κ3) is 18.7. The molecule has 3 aromatic carbocycles. The zero-order chi connectivity index (χ0) is 37.8. The Bertz CT molecular complexity index is 1340. The number of aryl methyl sites for hydroxylation is 2. The minimum Gasteiger partial charge on any atom is -0.478 e. The maximum atomic E-state index is 12.4. The lowest BCUT2D eigenvalue weighted by Gasteiger charge is -2.10. The standard InChI is InChI=1S/C24H38O4.C20H22O4/c1-3-5-7-9-11-15-19-27-23(25)21-17-13-14-18-22(21)24(26)28-20-16-12-10-8-6-4-2;21-19(22)17-11-7-15(8-12-17)5-3-1-2-4-6-16-9-13-18(14-10-16)20(23)24/h13-14,17-18H,3-12,15-16,19-20H2,1-2H3;7-14H,1-6H2,(H,21,22)(H,23,24). The van der Waals surface area contributed by atoms with Gasteiger partial charge in [0.2, 0.25) is 0 Å². The fourth-order valence-electron chi connectivity index (χ4n) is 5.73. The van der Waals surface area contributed by atoms with E-state index < -0.39 is 23.9 Å². The van der Waals surface area contributed by atoms with Crippen molar-refractivity contribution < 1.29 is 38.9 Å². The monoisotopic (exact) mass is 716 g/mol. The molecule has 3 rings (SSSR count). The first-order valence-electron chi connectivity index (χ1n) is 19.3. The van der Waals surface area contributed by atoms with Crippen LogP contribution in [0.5, 0.6) is 0 Å². The molecule has 2 N–H and O–H groups in total. The topological polar surface area (TPSA) is 127 Å². The summed E-state index contributed by atoms with van der Waals surface area (Å²) in [6.45, 7) is 5.17. The van der Waals surface area contributed by atoms with E-state index in [2.05, 4.69) is 13.8 Å². The summed E-state index contributed by atoms with van der Waals surface area (Å²) in [4.78, 5) is 46.3. The first-order chi connectivity index (χ1) is 25.3. The Morgan fingerprint density at radius 2 is 0.769 bits per heavy atom. The van der Waals surface area contributed by atoms with Crippen LogP contribution < -0.4 is 0 Å². The second kappa shape index (κ2) is 27.2. The number of hydrogen-bond donors (Lipinski definition) is 2. The summed E-state index contributed by atoms with van der Waals surface area (Å²) in [6.07, 6.45) is 20.0. The molecule has 0 amide bonds. The summed E-state index contributed by atoms with van der Waals surface area (Å²) in [5.41, 5.74) is 3.58. The quantitative estimate of drug-likeness (QED) is 0.0655. The van der Waals surface area contributed by atoms with Gasteiger partial charge in [0, 0.05) is 0 Å². The van der Waals surface area contributed by atoms with Gasteiger partial charge in [-0.1, -0.05) is 127 Å². The second-order valence-electron chi connectivity index (χ2n) is 13.3. The highest BCUT2D eigenvalue weighted by atomic mass is 16.5. The van der Waals surface area contributed by atoms with Crippen LogP contribution in [0.2, 0.25) is 0 Å². The summed E-state index contributed by atoms with van der Waals surface area (Å²) < 4.78 is 10.7. The highest BCUT2D eigenvalue weighted by Gasteiger charge is 2.18. The predicted octanol–water partition coefficient (Wildman–Crippen LogP) is 11.1. The Morgan fingerprint density at radius 3 is 1.12 bits per heavy atom. The van der Waals surface area contributed by atoms with Gasteiger partial charge in [-0.15, -0.1) is 0 Å². The number of aromatic carboxylic acids is 2. The van der Waals surface area contributed by atoms with Crippen molar-refractivity contribution in [1.82, 2.24) is 0 Å². The van der Waals surface area contributed by atoms with E-state index in [1.54, 1.807) is 48.5 Å². The minimum atomic E-state index is -0.891. The van der Waals surface area contributed by atoms with Crippen molar-refractivity contribution >= 4 is 23.9 Å². The molecule has 8 heteroatoms. The van der Waals surface area contributed by atoms with E-state index in [0.29, 0.717) is 35.5 Å². The summed E-state index contributed by atoms with van der Waals surface area (Å²) in [7, 11) is 0. The molecule has 0 unspecified atom stereocenters. The van der Waals surface area contributed by atoms with Crippen molar-refractivity contribution in [2.75, 3.05) is 13.2 Å². The van der Waals surface area contributed by atoms with Gasteiger partial charge in [0.05, 0.1) is 35.5 Å². The number of carboxylic acids is 2. The number of benzene rings is 3. The molecule has 0 heterocycles. The fraction of sp³-hybridized carbons (Fsp3) is 0.500. The molecule has 0 saturated heterocycles. The van der Waals surface area contributed by atoms with Gasteiger partial charge in [-0.2, -0.15) is 0 Å². The molecule has 52 heavy (non-hydrogen) atoms. The lowest BCUT2D eigenvalue weighted by Crippen LogP contribution is -2.15. The van der Waals surface area contributed by atoms with Gasteiger partial charge in [-0.25, -0.2) is 19.2 Å². The zero-order valence-electron chi connectivity index (χ0n) is 31.4. The van der Waals surface area contributed by atoms with Crippen molar-refractivity contribution in [3.05, 3.63) is 106 Å². The number of rotatable bonds is 25. The van der Waals surface area contributed by atoms with Crippen LogP contribution >= 0.6 is 0 Å². The lowest BCUT2D eigenvalue weighted by molar-refractivity contribution is 0.0450. The van der Waals surface area contributed by atoms with Gasteiger partial charge in [0.25, 0.3) is 0 Å². The van der Waals surface area contributed by atoms with Crippen molar-refractivity contribution in [1.29, 1.82) is 0 Å². The normalized spacial score (nSPS) is 10.6. The van der Waals surface area contributed by atoms with Gasteiger partial charge in [-0.3, -0.25) is 0 Å². The van der Waals surface area contributed by atoms with Crippen molar-refractivity contribution in [3.8, 4) is 0 Å². The van der Waals surface area contributed by atoms with Crippen molar-refractivity contribution in [3.63, 3.8) is 0 Å². The molecule has 0 radical (unpaired) electrons. The van der Waals surface area contributed by atoms with Crippen molar-refractivity contribution in [2.24, 2.45) is 0 Å². The predicted molar refractivity (Wildman–Crippen MR) is 206 cm³/mol. The van der Waals surface area contributed by atoms with E-state index in [1.807, 2.05) is 24.3 Å². The largest absolute Gasteiger partial charge is 0.478 e. The van der Waals surface area contributed by atoms with E-state index in [0.717, 1.165) is 64.2 Å². The van der Waals surface area contributed by atoms with Crippen LogP contribution in [0.4, 0.5) is 0 Å². The van der Waals surface area contributed by atoms with E-state index in [9.17, 15) is 19.2 Å². The number of carbonyl (C=O) groups excluding carboxylic acids is 2. The zero-order valence-corrected chi connectivity index (χ0v) is 31.4. The molecule has 0 aliphatic heterocycles. The number of esters is 2. The molecule has 0 aromatic heterocycles.